The molecule has 2 aromatic carbocycles. The van der Waals surface area contributed by atoms with Gasteiger partial charge in [-0.25, -0.2) is 8.78 Å². The molecule has 0 radical (unpaired) electrons. The summed E-state index contributed by atoms with van der Waals surface area (Å²) in [6, 6.07) is 8.01. The van der Waals surface area contributed by atoms with Crippen LogP contribution in [0.1, 0.15) is 11.1 Å². The molecule has 0 saturated heterocycles. The Labute approximate surface area is 118 Å². The van der Waals surface area contributed by atoms with Gasteiger partial charge in [0.25, 0.3) is 0 Å². The molecule has 0 fully saturated rings. The number of halogens is 3. The number of fused-ring (bicyclic) bond motifs is 1. The van der Waals surface area contributed by atoms with Gasteiger partial charge in [0.15, 0.2) is 0 Å². The molecule has 0 bridgehead atoms. The molecule has 1 heterocycles. The molecule has 2 aromatic rings. The number of rotatable bonds is 1. The van der Waals surface area contributed by atoms with E-state index in [1.54, 1.807) is 4.90 Å². The third-order valence-electron chi connectivity index (χ3n) is 3.35. The highest BCUT2D eigenvalue weighted by Gasteiger charge is 2.24. The molecular weight excluding hydrogens is 314 g/mol. The van der Waals surface area contributed by atoms with Gasteiger partial charge in [-0.2, -0.15) is 0 Å². The third kappa shape index (κ3) is 2.08. The number of hydrogen-bond acceptors (Lipinski definition) is 2. The Hall–Kier alpha value is -1.62. The van der Waals surface area contributed by atoms with Crippen LogP contribution in [0, 0.1) is 11.6 Å². The van der Waals surface area contributed by atoms with Crippen LogP contribution in [0.25, 0.3) is 0 Å². The Balaban J connectivity index is 1.99. The van der Waals surface area contributed by atoms with Crippen molar-refractivity contribution >= 4 is 27.3 Å². The molecule has 5 heteroatoms. The molecule has 0 aromatic heterocycles. The Kier molecular flexibility index (Phi) is 2.93. The predicted octanol–water partition coefficient (Wildman–Crippen LogP) is 3.83. The van der Waals surface area contributed by atoms with Gasteiger partial charge >= 0.3 is 0 Å². The van der Waals surface area contributed by atoms with Crippen molar-refractivity contribution in [2.75, 3.05) is 10.6 Å². The zero-order valence-electron chi connectivity index (χ0n) is 9.96. The van der Waals surface area contributed by atoms with Gasteiger partial charge in [0.05, 0.1) is 10.2 Å². The molecule has 1 aliphatic heterocycles. The topological polar surface area (TPSA) is 29.3 Å². The van der Waals surface area contributed by atoms with Crippen LogP contribution in [0.5, 0.6) is 0 Å². The van der Waals surface area contributed by atoms with E-state index >= 15 is 0 Å². The van der Waals surface area contributed by atoms with Gasteiger partial charge in [0.2, 0.25) is 0 Å². The largest absolute Gasteiger partial charge is 0.398 e. The molecule has 1 aliphatic rings. The molecule has 2 nitrogen and oxygen atoms in total. The van der Waals surface area contributed by atoms with Gasteiger partial charge in [0.1, 0.15) is 11.6 Å². The minimum absolute atomic E-state index is 0.130. The lowest BCUT2D eigenvalue weighted by molar-refractivity contribution is 0.589. The molecule has 98 valence electrons. The SMILES string of the molecule is Nc1cccc2c1CN(c1cc(F)c(Br)cc1F)C2. The number of hydrogen-bond donors (Lipinski definition) is 1. The minimum atomic E-state index is -0.472. The van der Waals surface area contributed by atoms with E-state index in [1.807, 2.05) is 18.2 Å². The van der Waals surface area contributed by atoms with Gasteiger partial charge in [-0.05, 0) is 39.2 Å². The summed E-state index contributed by atoms with van der Waals surface area (Å²) in [5, 5.41) is 0. The van der Waals surface area contributed by atoms with Gasteiger partial charge in [-0.15, -0.1) is 0 Å². The molecule has 0 atom stereocenters. The Morgan fingerprint density at radius 2 is 1.89 bits per heavy atom. The highest BCUT2D eigenvalue weighted by molar-refractivity contribution is 9.10. The van der Waals surface area contributed by atoms with Crippen molar-refractivity contribution in [3.05, 3.63) is 57.6 Å². The van der Waals surface area contributed by atoms with Crippen LogP contribution in [0.15, 0.2) is 34.8 Å². The first kappa shape index (κ1) is 12.4. The summed E-state index contributed by atoms with van der Waals surface area (Å²) in [5.74, 6) is -0.917. The number of benzene rings is 2. The number of anilines is 2. The Morgan fingerprint density at radius 3 is 2.63 bits per heavy atom. The van der Waals surface area contributed by atoms with Gasteiger partial charge in [0, 0.05) is 24.8 Å². The molecule has 0 saturated carbocycles. The lowest BCUT2D eigenvalue weighted by atomic mass is 10.1. The summed E-state index contributed by atoms with van der Waals surface area (Å²) in [4.78, 5) is 1.78. The van der Waals surface area contributed by atoms with E-state index in [0.29, 0.717) is 18.8 Å². The fourth-order valence-electron chi connectivity index (χ4n) is 2.37. The second kappa shape index (κ2) is 4.49. The molecule has 19 heavy (non-hydrogen) atoms. The normalized spacial score (nSPS) is 13.7. The average Bonchev–Trinajstić information content (AvgIpc) is 2.79. The minimum Gasteiger partial charge on any atom is -0.398 e. The van der Waals surface area contributed by atoms with E-state index in [0.717, 1.165) is 17.2 Å². The summed E-state index contributed by atoms with van der Waals surface area (Å²) in [7, 11) is 0. The van der Waals surface area contributed by atoms with Crippen molar-refractivity contribution in [3.63, 3.8) is 0 Å². The molecule has 2 N–H and O–H groups in total. The second-order valence-electron chi connectivity index (χ2n) is 4.56. The first-order valence-corrected chi connectivity index (χ1v) is 6.61. The van der Waals surface area contributed by atoms with E-state index in [-0.39, 0.29) is 10.2 Å². The molecule has 3 rings (SSSR count). The van der Waals surface area contributed by atoms with Crippen molar-refractivity contribution in [2.24, 2.45) is 0 Å². The number of nitrogens with zero attached hydrogens (tertiary/aromatic N) is 1. The molecule has 0 spiro atoms. The first-order valence-electron chi connectivity index (χ1n) is 5.82. The van der Waals surface area contributed by atoms with Crippen molar-refractivity contribution < 1.29 is 8.78 Å². The fraction of sp³-hybridized carbons (Fsp3) is 0.143. The number of nitrogens with two attached hydrogens (primary N) is 1. The summed E-state index contributed by atoms with van der Waals surface area (Å²) in [6.45, 7) is 1.04. The Bertz CT molecular complexity index is 658. The van der Waals surface area contributed by atoms with E-state index in [1.165, 1.54) is 6.07 Å². The van der Waals surface area contributed by atoms with Crippen LogP contribution in [0.2, 0.25) is 0 Å². The fourth-order valence-corrected chi connectivity index (χ4v) is 2.69. The lowest BCUT2D eigenvalue weighted by Gasteiger charge is -2.19. The van der Waals surface area contributed by atoms with Gasteiger partial charge < -0.3 is 10.6 Å². The maximum absolute atomic E-state index is 13.9. The van der Waals surface area contributed by atoms with E-state index in [9.17, 15) is 8.78 Å². The van der Waals surface area contributed by atoms with Gasteiger partial charge in [-0.3, -0.25) is 0 Å². The highest BCUT2D eigenvalue weighted by Crippen LogP contribution is 2.34. The molecule has 0 amide bonds. The molecular formula is C14H11BrF2N2. The highest BCUT2D eigenvalue weighted by atomic mass is 79.9. The van der Waals surface area contributed by atoms with Crippen molar-refractivity contribution in [2.45, 2.75) is 13.1 Å². The third-order valence-corrected chi connectivity index (χ3v) is 3.96. The van der Waals surface area contributed by atoms with E-state index in [4.69, 9.17) is 5.73 Å². The lowest BCUT2D eigenvalue weighted by Crippen LogP contribution is -2.16. The molecule has 0 unspecified atom stereocenters. The summed E-state index contributed by atoms with van der Waals surface area (Å²) in [6.07, 6.45) is 0. The zero-order valence-corrected chi connectivity index (χ0v) is 11.5. The smallest absolute Gasteiger partial charge is 0.147 e. The monoisotopic (exact) mass is 324 g/mol. The van der Waals surface area contributed by atoms with Crippen LogP contribution < -0.4 is 10.6 Å². The van der Waals surface area contributed by atoms with Gasteiger partial charge in [-0.1, -0.05) is 12.1 Å². The van der Waals surface area contributed by atoms with Crippen LogP contribution in [0.3, 0.4) is 0 Å². The van der Waals surface area contributed by atoms with Crippen LogP contribution in [-0.4, -0.2) is 0 Å². The maximum atomic E-state index is 13.9. The molecule has 0 aliphatic carbocycles. The van der Waals surface area contributed by atoms with Crippen LogP contribution in [-0.2, 0) is 13.1 Å². The van der Waals surface area contributed by atoms with Crippen molar-refractivity contribution in [3.8, 4) is 0 Å². The van der Waals surface area contributed by atoms with Crippen molar-refractivity contribution in [1.29, 1.82) is 0 Å². The van der Waals surface area contributed by atoms with Crippen molar-refractivity contribution in [1.82, 2.24) is 0 Å². The van der Waals surface area contributed by atoms with E-state index < -0.39 is 11.6 Å². The summed E-state index contributed by atoms with van der Waals surface area (Å²) < 4.78 is 27.6. The Morgan fingerprint density at radius 1 is 1.11 bits per heavy atom. The summed E-state index contributed by atoms with van der Waals surface area (Å²) >= 11 is 2.98. The van der Waals surface area contributed by atoms with E-state index in [2.05, 4.69) is 15.9 Å². The summed E-state index contributed by atoms with van der Waals surface area (Å²) in [5.41, 5.74) is 8.90. The quantitative estimate of drug-likeness (QED) is 0.638. The number of nitrogen functional groups attached to an aromatic ring is 1. The van der Waals surface area contributed by atoms with Crippen LogP contribution >= 0.6 is 15.9 Å². The standard InChI is InChI=1S/C14H11BrF2N2/c15-10-4-12(17)14(5-11(10)16)19-6-8-2-1-3-13(18)9(8)7-19/h1-5H,6-7,18H2. The first-order chi connectivity index (χ1) is 9.06. The average molecular weight is 325 g/mol. The zero-order chi connectivity index (χ0) is 13.6. The van der Waals surface area contributed by atoms with Crippen LogP contribution in [0.4, 0.5) is 20.2 Å². The second-order valence-corrected chi connectivity index (χ2v) is 5.41. The maximum Gasteiger partial charge on any atom is 0.147 e. The predicted molar refractivity (Wildman–Crippen MR) is 74.8 cm³/mol.